The van der Waals surface area contributed by atoms with Crippen LogP contribution in [0.4, 0.5) is 0 Å². The van der Waals surface area contributed by atoms with Crippen LogP contribution in [0.1, 0.15) is 34.6 Å². The first kappa shape index (κ1) is 11.8. The molecule has 12 heavy (non-hydrogen) atoms. The van der Waals surface area contributed by atoms with Crippen LogP contribution in [-0.2, 0) is 0 Å². The lowest BCUT2D eigenvalue weighted by molar-refractivity contribution is 0.530. The number of thioether (sulfide) groups is 1. The molecule has 0 unspecified atom stereocenters. The van der Waals surface area contributed by atoms with Gasteiger partial charge in [-0.3, -0.25) is 0 Å². The largest absolute Gasteiger partial charge is 0.130 e. The molecule has 0 saturated heterocycles. The van der Waals surface area contributed by atoms with Crippen LogP contribution in [0.15, 0.2) is 23.1 Å². The zero-order valence-corrected chi connectivity index (χ0v) is 9.72. The summed E-state index contributed by atoms with van der Waals surface area (Å²) in [6.07, 6.45) is 1.95. The Morgan fingerprint density at radius 2 is 1.92 bits per heavy atom. The molecule has 0 amide bonds. The van der Waals surface area contributed by atoms with Crippen molar-refractivity contribution in [2.75, 3.05) is 5.75 Å². The predicted molar refractivity (Wildman–Crippen MR) is 60.5 cm³/mol. The van der Waals surface area contributed by atoms with Crippen LogP contribution in [0.25, 0.3) is 0 Å². The first-order valence-electron chi connectivity index (χ1n) is 4.40. The van der Waals surface area contributed by atoms with Gasteiger partial charge in [-0.25, -0.2) is 0 Å². The summed E-state index contributed by atoms with van der Waals surface area (Å²) in [5, 5.41) is 0. The van der Waals surface area contributed by atoms with Gasteiger partial charge in [-0.05, 0) is 28.6 Å². The van der Waals surface area contributed by atoms with Crippen molar-refractivity contribution < 1.29 is 0 Å². The van der Waals surface area contributed by atoms with E-state index in [1.165, 1.54) is 10.5 Å². The molecule has 0 aromatic carbocycles. The molecule has 0 fully saturated rings. The van der Waals surface area contributed by atoms with E-state index in [-0.39, 0.29) is 5.41 Å². The first-order valence-corrected chi connectivity index (χ1v) is 5.38. The molecule has 70 valence electrons. The van der Waals surface area contributed by atoms with E-state index in [2.05, 4.69) is 41.2 Å². The molecule has 0 aromatic rings. The third-order valence-corrected chi connectivity index (χ3v) is 3.15. The highest BCUT2D eigenvalue weighted by molar-refractivity contribution is 8.03. The molecule has 0 heterocycles. The van der Waals surface area contributed by atoms with E-state index in [0.717, 1.165) is 5.75 Å². The zero-order chi connectivity index (χ0) is 9.78. The SMILES string of the molecule is C=C/C(C)=C(\SCC)C(C)(C)C. The average Bonchev–Trinajstić information content (AvgIpc) is 1.96. The normalized spacial score (nSPS) is 14.1. The Bertz CT molecular complexity index is 182. The van der Waals surface area contributed by atoms with Crippen molar-refractivity contribution in [2.45, 2.75) is 34.6 Å². The Hall–Kier alpha value is -0.170. The minimum Gasteiger partial charge on any atom is -0.130 e. The second-order valence-electron chi connectivity index (χ2n) is 3.90. The molecule has 0 N–H and O–H groups in total. The maximum absolute atomic E-state index is 3.81. The molecule has 0 aliphatic heterocycles. The minimum absolute atomic E-state index is 0.263. The molecule has 0 aromatic heterocycles. The summed E-state index contributed by atoms with van der Waals surface area (Å²) in [4.78, 5) is 1.46. The summed E-state index contributed by atoms with van der Waals surface area (Å²) < 4.78 is 0. The monoisotopic (exact) mass is 184 g/mol. The maximum Gasteiger partial charge on any atom is -0.00514 e. The maximum atomic E-state index is 3.81. The number of rotatable bonds is 3. The van der Waals surface area contributed by atoms with Crippen molar-refractivity contribution >= 4 is 11.8 Å². The van der Waals surface area contributed by atoms with Gasteiger partial charge in [-0.15, -0.1) is 11.8 Å². The van der Waals surface area contributed by atoms with Crippen LogP contribution in [-0.4, -0.2) is 5.75 Å². The minimum atomic E-state index is 0.263. The molecule has 0 radical (unpaired) electrons. The fraction of sp³-hybridized carbons (Fsp3) is 0.636. The van der Waals surface area contributed by atoms with Crippen molar-refractivity contribution in [2.24, 2.45) is 5.41 Å². The molecule has 0 bridgehead atoms. The van der Waals surface area contributed by atoms with Crippen LogP contribution in [0.5, 0.6) is 0 Å². The number of hydrogen-bond donors (Lipinski definition) is 0. The van der Waals surface area contributed by atoms with E-state index < -0.39 is 0 Å². The lowest BCUT2D eigenvalue weighted by atomic mass is 9.93. The van der Waals surface area contributed by atoms with Gasteiger partial charge in [0.25, 0.3) is 0 Å². The van der Waals surface area contributed by atoms with Crippen molar-refractivity contribution in [3.63, 3.8) is 0 Å². The molecule has 0 nitrogen and oxygen atoms in total. The second-order valence-corrected chi connectivity index (χ2v) is 5.17. The lowest BCUT2D eigenvalue weighted by Crippen LogP contribution is -2.08. The Morgan fingerprint density at radius 3 is 2.17 bits per heavy atom. The van der Waals surface area contributed by atoms with Crippen molar-refractivity contribution in [1.82, 2.24) is 0 Å². The number of allylic oxidation sites excluding steroid dienone is 3. The van der Waals surface area contributed by atoms with E-state index in [4.69, 9.17) is 0 Å². The van der Waals surface area contributed by atoms with Gasteiger partial charge in [0.1, 0.15) is 0 Å². The topological polar surface area (TPSA) is 0 Å². The summed E-state index contributed by atoms with van der Waals surface area (Å²) in [5.41, 5.74) is 1.58. The Balaban J connectivity index is 4.78. The van der Waals surface area contributed by atoms with Gasteiger partial charge >= 0.3 is 0 Å². The fourth-order valence-corrected chi connectivity index (χ4v) is 2.19. The molecule has 0 rings (SSSR count). The van der Waals surface area contributed by atoms with Gasteiger partial charge in [0.05, 0.1) is 0 Å². The highest BCUT2D eigenvalue weighted by Gasteiger charge is 2.18. The average molecular weight is 184 g/mol. The quantitative estimate of drug-likeness (QED) is 0.591. The standard InChI is InChI=1S/C11H20S/c1-7-9(3)10(12-8-2)11(4,5)6/h7H,1,8H2,2-6H3/b10-9-. The van der Waals surface area contributed by atoms with Crippen LogP contribution in [0, 0.1) is 5.41 Å². The molecule has 0 atom stereocenters. The van der Waals surface area contributed by atoms with Gasteiger partial charge in [-0.2, -0.15) is 0 Å². The zero-order valence-electron chi connectivity index (χ0n) is 8.90. The van der Waals surface area contributed by atoms with Gasteiger partial charge in [-0.1, -0.05) is 40.3 Å². The Labute approximate surface area is 81.1 Å². The Kier molecular flexibility index (Phi) is 4.69. The third kappa shape index (κ3) is 3.48. The van der Waals surface area contributed by atoms with Crippen LogP contribution >= 0.6 is 11.8 Å². The summed E-state index contributed by atoms with van der Waals surface area (Å²) in [7, 11) is 0. The van der Waals surface area contributed by atoms with Crippen molar-refractivity contribution in [3.8, 4) is 0 Å². The van der Waals surface area contributed by atoms with E-state index in [1.807, 2.05) is 17.8 Å². The van der Waals surface area contributed by atoms with Crippen molar-refractivity contribution in [1.29, 1.82) is 0 Å². The molecular formula is C11H20S. The van der Waals surface area contributed by atoms with Crippen LogP contribution < -0.4 is 0 Å². The molecular weight excluding hydrogens is 164 g/mol. The van der Waals surface area contributed by atoms with E-state index in [1.54, 1.807) is 0 Å². The van der Waals surface area contributed by atoms with E-state index in [9.17, 15) is 0 Å². The fourth-order valence-electron chi connectivity index (χ4n) is 1.16. The second kappa shape index (κ2) is 4.76. The van der Waals surface area contributed by atoms with Gasteiger partial charge in [0.15, 0.2) is 0 Å². The van der Waals surface area contributed by atoms with Gasteiger partial charge < -0.3 is 0 Å². The third-order valence-electron chi connectivity index (χ3n) is 1.63. The summed E-state index contributed by atoms with van der Waals surface area (Å²) >= 11 is 1.92. The number of hydrogen-bond acceptors (Lipinski definition) is 1. The highest BCUT2D eigenvalue weighted by Crippen LogP contribution is 2.36. The molecule has 0 aliphatic carbocycles. The molecule has 0 saturated carbocycles. The van der Waals surface area contributed by atoms with Gasteiger partial charge in [0.2, 0.25) is 0 Å². The smallest absolute Gasteiger partial charge is 0.00514 e. The van der Waals surface area contributed by atoms with Crippen molar-refractivity contribution in [3.05, 3.63) is 23.1 Å². The highest BCUT2D eigenvalue weighted by atomic mass is 32.2. The predicted octanol–water partition coefficient (Wildman–Crippen LogP) is 4.25. The van der Waals surface area contributed by atoms with Crippen LogP contribution in [0.2, 0.25) is 0 Å². The summed E-state index contributed by atoms with van der Waals surface area (Å²) in [5.74, 6) is 1.14. The lowest BCUT2D eigenvalue weighted by Gasteiger charge is -2.23. The Morgan fingerprint density at radius 1 is 1.42 bits per heavy atom. The molecule has 0 aliphatic rings. The van der Waals surface area contributed by atoms with E-state index >= 15 is 0 Å². The summed E-state index contributed by atoms with van der Waals surface area (Å²) in [6.45, 7) is 14.9. The van der Waals surface area contributed by atoms with Crippen LogP contribution in [0.3, 0.4) is 0 Å². The summed E-state index contributed by atoms with van der Waals surface area (Å²) in [6, 6.07) is 0. The first-order chi connectivity index (χ1) is 5.43. The van der Waals surface area contributed by atoms with E-state index in [0.29, 0.717) is 0 Å². The van der Waals surface area contributed by atoms with Gasteiger partial charge in [0, 0.05) is 0 Å². The molecule has 0 spiro atoms. The molecule has 1 heteroatoms.